The molecule has 1 rings (SSSR count). The van der Waals surface area contributed by atoms with Crippen molar-refractivity contribution in [2.45, 2.75) is 24.3 Å². The normalized spacial score (nSPS) is 12.7. The number of aromatic carboxylic acids is 1. The molecule has 0 radical (unpaired) electrons. The maximum atomic E-state index is 10.6. The third kappa shape index (κ3) is 4.24. The van der Waals surface area contributed by atoms with Gasteiger partial charge in [0.2, 0.25) is 0 Å². The van der Waals surface area contributed by atoms with Crippen LogP contribution in [0.4, 0.5) is 0 Å². The molecule has 1 unspecified atom stereocenters. The first-order chi connectivity index (χ1) is 7.13. The average Bonchev–Trinajstić information content (AvgIpc) is 2.63. The fourth-order valence-corrected chi connectivity index (χ4v) is 2.96. The third-order valence-electron chi connectivity index (χ3n) is 1.92. The van der Waals surface area contributed by atoms with Gasteiger partial charge in [-0.2, -0.15) is 11.8 Å². The van der Waals surface area contributed by atoms with Crippen molar-refractivity contribution in [3.05, 3.63) is 21.9 Å². The minimum atomic E-state index is -0.861. The topological polar surface area (TPSA) is 57.5 Å². The van der Waals surface area contributed by atoms with E-state index in [0.717, 1.165) is 17.1 Å². The van der Waals surface area contributed by atoms with E-state index in [9.17, 15) is 4.79 Å². The van der Waals surface area contributed by atoms with E-state index >= 15 is 0 Å². The molecule has 0 amide bonds. The molecule has 1 atom stereocenters. The van der Waals surface area contributed by atoms with Crippen molar-refractivity contribution in [1.82, 2.24) is 0 Å². The predicted molar refractivity (Wildman–Crippen MR) is 63.7 cm³/mol. The summed E-state index contributed by atoms with van der Waals surface area (Å²) in [5.74, 6) is -0.0429. The van der Waals surface area contributed by atoms with Crippen molar-refractivity contribution < 1.29 is 15.0 Å². The predicted octanol–water partition coefficient (Wildman–Crippen LogP) is 2.45. The lowest BCUT2D eigenvalue weighted by Gasteiger charge is -2.07. The van der Waals surface area contributed by atoms with Crippen molar-refractivity contribution in [3.63, 3.8) is 0 Å². The van der Waals surface area contributed by atoms with E-state index in [1.165, 1.54) is 11.3 Å². The van der Waals surface area contributed by atoms with Gasteiger partial charge in [-0.25, -0.2) is 4.79 Å². The number of thiophene rings is 1. The largest absolute Gasteiger partial charge is 0.477 e. The molecule has 0 bridgehead atoms. The highest BCUT2D eigenvalue weighted by molar-refractivity contribution is 7.99. The molecule has 0 saturated carbocycles. The molecule has 5 heteroatoms. The first-order valence-corrected chi connectivity index (χ1v) is 6.54. The van der Waals surface area contributed by atoms with Gasteiger partial charge in [0.25, 0.3) is 0 Å². The summed E-state index contributed by atoms with van der Waals surface area (Å²) in [5.41, 5.74) is 0. The summed E-state index contributed by atoms with van der Waals surface area (Å²) in [6, 6.07) is 3.49. The van der Waals surface area contributed by atoms with E-state index in [4.69, 9.17) is 10.2 Å². The first kappa shape index (κ1) is 12.5. The maximum Gasteiger partial charge on any atom is 0.345 e. The highest BCUT2D eigenvalue weighted by Gasteiger charge is 2.08. The van der Waals surface area contributed by atoms with Crippen LogP contribution in [-0.4, -0.2) is 28.0 Å². The minimum absolute atomic E-state index is 0.207. The molecule has 1 aromatic rings. The summed E-state index contributed by atoms with van der Waals surface area (Å²) in [6.45, 7) is 2.27. The van der Waals surface area contributed by atoms with Crippen LogP contribution in [0.5, 0.6) is 0 Å². The zero-order chi connectivity index (χ0) is 11.3. The van der Waals surface area contributed by atoms with Gasteiger partial charge in [-0.3, -0.25) is 0 Å². The van der Waals surface area contributed by atoms with E-state index in [1.807, 2.05) is 6.07 Å². The molecule has 0 fully saturated rings. The second kappa shape index (κ2) is 6.15. The Hall–Kier alpha value is -0.520. The highest BCUT2D eigenvalue weighted by atomic mass is 32.2. The fourth-order valence-electron chi connectivity index (χ4n) is 1.06. The number of hydrogen-bond donors (Lipinski definition) is 2. The van der Waals surface area contributed by atoms with Crippen molar-refractivity contribution in [2.75, 3.05) is 6.61 Å². The maximum absolute atomic E-state index is 10.6. The molecule has 0 aromatic carbocycles. The van der Waals surface area contributed by atoms with Crippen LogP contribution in [0, 0.1) is 0 Å². The highest BCUT2D eigenvalue weighted by Crippen LogP contribution is 2.25. The molecular weight excluding hydrogens is 232 g/mol. The zero-order valence-corrected chi connectivity index (χ0v) is 10.1. The summed E-state index contributed by atoms with van der Waals surface area (Å²) in [4.78, 5) is 12.1. The molecule has 0 spiro atoms. The lowest BCUT2D eigenvalue weighted by molar-refractivity contribution is 0.0702. The van der Waals surface area contributed by atoms with Gasteiger partial charge in [0.15, 0.2) is 0 Å². The molecule has 0 aliphatic rings. The van der Waals surface area contributed by atoms with E-state index in [0.29, 0.717) is 10.1 Å². The van der Waals surface area contributed by atoms with E-state index in [1.54, 1.807) is 17.8 Å². The Morgan fingerprint density at radius 2 is 2.33 bits per heavy atom. The standard InChI is InChI=1S/C10H14O3S2/c1-7(4-5-11)14-6-8-2-3-9(15-8)10(12)13/h2-3,7,11H,4-6H2,1H3,(H,12,13). The van der Waals surface area contributed by atoms with Crippen LogP contribution in [-0.2, 0) is 5.75 Å². The van der Waals surface area contributed by atoms with E-state index in [2.05, 4.69) is 6.92 Å². The van der Waals surface area contributed by atoms with Crippen LogP contribution >= 0.6 is 23.1 Å². The van der Waals surface area contributed by atoms with E-state index in [-0.39, 0.29) is 6.61 Å². The van der Waals surface area contributed by atoms with Crippen LogP contribution in [0.2, 0.25) is 0 Å². The number of hydrogen-bond acceptors (Lipinski definition) is 4. The van der Waals surface area contributed by atoms with Gasteiger partial charge < -0.3 is 10.2 Å². The molecular formula is C10H14O3S2. The van der Waals surface area contributed by atoms with Gasteiger partial charge in [0, 0.05) is 22.5 Å². The van der Waals surface area contributed by atoms with Gasteiger partial charge in [-0.05, 0) is 18.6 Å². The molecule has 0 saturated heterocycles. The summed E-state index contributed by atoms with van der Waals surface area (Å²) >= 11 is 3.05. The van der Waals surface area contributed by atoms with Crippen LogP contribution in [0.15, 0.2) is 12.1 Å². The number of thioether (sulfide) groups is 1. The van der Waals surface area contributed by atoms with Crippen LogP contribution in [0.3, 0.4) is 0 Å². The summed E-state index contributed by atoms with van der Waals surface area (Å²) in [7, 11) is 0. The zero-order valence-electron chi connectivity index (χ0n) is 8.47. The lowest BCUT2D eigenvalue weighted by Crippen LogP contribution is -1.99. The Balaban J connectivity index is 2.40. The van der Waals surface area contributed by atoms with Gasteiger partial charge in [-0.15, -0.1) is 11.3 Å². The van der Waals surface area contributed by atoms with Crippen molar-refractivity contribution >= 4 is 29.1 Å². The van der Waals surface area contributed by atoms with Gasteiger partial charge in [0.1, 0.15) is 4.88 Å². The van der Waals surface area contributed by atoms with Crippen molar-refractivity contribution in [1.29, 1.82) is 0 Å². The van der Waals surface area contributed by atoms with Crippen molar-refractivity contribution in [3.8, 4) is 0 Å². The number of carboxylic acid groups (broad SMARTS) is 1. The van der Waals surface area contributed by atoms with Crippen LogP contribution < -0.4 is 0 Å². The Labute approximate surface area is 97.1 Å². The lowest BCUT2D eigenvalue weighted by atomic mass is 10.3. The average molecular weight is 246 g/mol. The van der Waals surface area contributed by atoms with E-state index < -0.39 is 5.97 Å². The minimum Gasteiger partial charge on any atom is -0.477 e. The molecule has 0 aliphatic heterocycles. The first-order valence-electron chi connectivity index (χ1n) is 4.68. The molecule has 3 nitrogen and oxygen atoms in total. The van der Waals surface area contributed by atoms with Crippen LogP contribution in [0.1, 0.15) is 27.9 Å². The molecule has 2 N–H and O–H groups in total. The molecule has 1 aromatic heterocycles. The van der Waals surface area contributed by atoms with Gasteiger partial charge >= 0.3 is 5.97 Å². The molecule has 84 valence electrons. The summed E-state index contributed by atoms with van der Waals surface area (Å²) in [5, 5.41) is 17.9. The van der Waals surface area contributed by atoms with Gasteiger partial charge in [0.05, 0.1) is 0 Å². The summed E-state index contributed by atoms with van der Waals surface area (Å²) in [6.07, 6.45) is 0.780. The Morgan fingerprint density at radius 1 is 1.60 bits per heavy atom. The summed E-state index contributed by atoms with van der Waals surface area (Å²) < 4.78 is 0. The Kier molecular flexibility index (Phi) is 5.14. The number of carbonyl (C=O) groups is 1. The van der Waals surface area contributed by atoms with Crippen molar-refractivity contribution in [2.24, 2.45) is 0 Å². The molecule has 15 heavy (non-hydrogen) atoms. The van der Waals surface area contributed by atoms with Crippen LogP contribution in [0.25, 0.3) is 0 Å². The molecule has 1 heterocycles. The number of carboxylic acids is 1. The second-order valence-electron chi connectivity index (χ2n) is 3.21. The Bertz CT molecular complexity index is 322. The second-order valence-corrected chi connectivity index (χ2v) is 5.80. The smallest absolute Gasteiger partial charge is 0.345 e. The number of rotatable bonds is 6. The molecule has 0 aliphatic carbocycles. The fraction of sp³-hybridized carbons (Fsp3) is 0.500. The third-order valence-corrected chi connectivity index (χ3v) is 4.46. The van der Waals surface area contributed by atoms with Gasteiger partial charge in [-0.1, -0.05) is 6.92 Å². The monoisotopic (exact) mass is 246 g/mol. The quantitative estimate of drug-likeness (QED) is 0.809. The number of aliphatic hydroxyl groups excluding tert-OH is 1. The number of aliphatic hydroxyl groups is 1. The SMILES string of the molecule is CC(CCO)SCc1ccc(C(=O)O)s1. The Morgan fingerprint density at radius 3 is 2.87 bits per heavy atom.